The van der Waals surface area contributed by atoms with Crippen molar-refractivity contribution >= 4 is 21.6 Å². The molecule has 0 aromatic heterocycles. The summed E-state index contributed by atoms with van der Waals surface area (Å²) in [5.74, 6) is 0. The molecule has 4 nitrogen and oxygen atoms in total. The van der Waals surface area contributed by atoms with Crippen LogP contribution in [0.1, 0.15) is 18.4 Å². The maximum Gasteiger partial charge on any atom is 0.242 e. The maximum absolute atomic E-state index is 12.3. The predicted molar refractivity (Wildman–Crippen MR) is 72.4 cm³/mol. The van der Waals surface area contributed by atoms with E-state index in [1.165, 1.54) is 0 Å². The van der Waals surface area contributed by atoms with E-state index in [-0.39, 0.29) is 16.0 Å². The van der Waals surface area contributed by atoms with Gasteiger partial charge in [-0.05, 0) is 50.6 Å². The van der Waals surface area contributed by atoms with E-state index in [4.69, 9.17) is 11.6 Å². The highest BCUT2D eigenvalue weighted by molar-refractivity contribution is 7.89. The minimum Gasteiger partial charge on any atom is -0.317 e. The average Bonchev–Trinajstić information content (AvgIpc) is 2.33. The molecule has 0 saturated carbocycles. The van der Waals surface area contributed by atoms with Crippen LogP contribution in [-0.4, -0.2) is 27.5 Å². The van der Waals surface area contributed by atoms with Gasteiger partial charge in [-0.2, -0.15) is 0 Å². The first-order valence-corrected chi connectivity index (χ1v) is 7.84. The lowest BCUT2D eigenvalue weighted by molar-refractivity contribution is 0.427. The molecule has 0 atom stereocenters. The van der Waals surface area contributed by atoms with Crippen molar-refractivity contribution in [2.24, 2.45) is 0 Å². The fraction of sp³-hybridized carbons (Fsp3) is 0.500. The molecule has 1 aromatic rings. The lowest BCUT2D eigenvalue weighted by Crippen LogP contribution is -2.42. The number of halogens is 1. The lowest BCUT2D eigenvalue weighted by atomic mass is 10.1. The maximum atomic E-state index is 12.3. The Morgan fingerprint density at radius 1 is 1.33 bits per heavy atom. The smallest absolute Gasteiger partial charge is 0.242 e. The summed E-state index contributed by atoms with van der Waals surface area (Å²) in [6.45, 7) is 3.53. The molecule has 6 heteroatoms. The van der Waals surface area contributed by atoms with Crippen LogP contribution in [0.5, 0.6) is 0 Å². The SMILES string of the molecule is Cc1ccc(Cl)c(S(=O)(=O)NC2CCNCC2)c1. The van der Waals surface area contributed by atoms with Gasteiger partial charge in [-0.3, -0.25) is 0 Å². The number of nitrogens with one attached hydrogen (secondary N) is 2. The van der Waals surface area contributed by atoms with Gasteiger partial charge in [-0.25, -0.2) is 13.1 Å². The summed E-state index contributed by atoms with van der Waals surface area (Å²) in [6.07, 6.45) is 1.62. The third kappa shape index (κ3) is 3.23. The normalized spacial score (nSPS) is 17.9. The van der Waals surface area contributed by atoms with Gasteiger partial charge >= 0.3 is 0 Å². The van der Waals surface area contributed by atoms with Gasteiger partial charge in [0.2, 0.25) is 10.0 Å². The molecule has 1 aromatic carbocycles. The number of hydrogen-bond acceptors (Lipinski definition) is 3. The van der Waals surface area contributed by atoms with E-state index < -0.39 is 10.0 Å². The van der Waals surface area contributed by atoms with Crippen molar-refractivity contribution in [1.82, 2.24) is 10.0 Å². The Balaban J connectivity index is 2.21. The van der Waals surface area contributed by atoms with E-state index in [0.717, 1.165) is 31.5 Å². The predicted octanol–water partition coefficient (Wildman–Crippen LogP) is 1.68. The number of hydrogen-bond donors (Lipinski definition) is 2. The first-order chi connectivity index (χ1) is 8.49. The summed E-state index contributed by atoms with van der Waals surface area (Å²) in [5.41, 5.74) is 0.880. The fourth-order valence-corrected chi connectivity index (χ4v) is 3.93. The Labute approximate surface area is 113 Å². The third-order valence-electron chi connectivity index (χ3n) is 3.04. The molecule has 2 rings (SSSR count). The first-order valence-electron chi connectivity index (χ1n) is 5.98. The Morgan fingerprint density at radius 3 is 2.67 bits per heavy atom. The third-order valence-corrected chi connectivity index (χ3v) is 5.04. The van der Waals surface area contributed by atoms with E-state index in [9.17, 15) is 8.42 Å². The van der Waals surface area contributed by atoms with E-state index >= 15 is 0 Å². The van der Waals surface area contributed by atoms with Crippen LogP contribution < -0.4 is 10.0 Å². The van der Waals surface area contributed by atoms with Gasteiger partial charge < -0.3 is 5.32 Å². The largest absolute Gasteiger partial charge is 0.317 e. The highest BCUT2D eigenvalue weighted by Gasteiger charge is 2.23. The second-order valence-electron chi connectivity index (χ2n) is 4.58. The van der Waals surface area contributed by atoms with Crippen molar-refractivity contribution in [2.75, 3.05) is 13.1 Å². The number of piperidine rings is 1. The highest BCUT2D eigenvalue weighted by Crippen LogP contribution is 2.23. The zero-order valence-electron chi connectivity index (χ0n) is 10.2. The summed E-state index contributed by atoms with van der Waals surface area (Å²) in [6, 6.07) is 5.01. The molecule has 1 aliphatic rings. The Morgan fingerprint density at radius 2 is 2.00 bits per heavy atom. The monoisotopic (exact) mass is 288 g/mol. The second kappa shape index (κ2) is 5.57. The molecular weight excluding hydrogens is 272 g/mol. The summed E-state index contributed by atoms with van der Waals surface area (Å²) in [4.78, 5) is 0.169. The molecule has 1 aliphatic heterocycles. The Hall–Kier alpha value is -0.620. The van der Waals surface area contributed by atoms with Crippen molar-refractivity contribution in [3.05, 3.63) is 28.8 Å². The summed E-state index contributed by atoms with van der Waals surface area (Å²) in [7, 11) is -3.52. The van der Waals surface area contributed by atoms with Gasteiger partial charge in [0.15, 0.2) is 0 Å². The van der Waals surface area contributed by atoms with E-state index in [0.29, 0.717) is 0 Å². The minimum absolute atomic E-state index is 0.00664. The van der Waals surface area contributed by atoms with Crippen LogP contribution in [0, 0.1) is 6.92 Å². The van der Waals surface area contributed by atoms with Gasteiger partial charge in [-0.15, -0.1) is 0 Å². The molecule has 1 heterocycles. The summed E-state index contributed by atoms with van der Waals surface area (Å²) < 4.78 is 27.2. The molecule has 18 heavy (non-hydrogen) atoms. The second-order valence-corrected chi connectivity index (χ2v) is 6.67. The van der Waals surface area contributed by atoms with Crippen LogP contribution in [0.15, 0.2) is 23.1 Å². The van der Waals surface area contributed by atoms with Gasteiger partial charge in [0.25, 0.3) is 0 Å². The summed E-state index contributed by atoms with van der Waals surface area (Å²) >= 11 is 5.97. The van der Waals surface area contributed by atoms with Crippen LogP contribution in [0.25, 0.3) is 0 Å². The van der Waals surface area contributed by atoms with Gasteiger partial charge in [0.1, 0.15) is 4.90 Å². The average molecular weight is 289 g/mol. The van der Waals surface area contributed by atoms with Crippen molar-refractivity contribution in [2.45, 2.75) is 30.7 Å². The van der Waals surface area contributed by atoms with Crippen molar-refractivity contribution in [3.63, 3.8) is 0 Å². The minimum atomic E-state index is -3.52. The van der Waals surface area contributed by atoms with Gasteiger partial charge in [0.05, 0.1) is 5.02 Å². The van der Waals surface area contributed by atoms with Crippen LogP contribution in [-0.2, 0) is 10.0 Å². The zero-order valence-corrected chi connectivity index (χ0v) is 11.8. The fourth-order valence-electron chi connectivity index (χ4n) is 2.04. The Kier molecular flexibility index (Phi) is 4.27. The van der Waals surface area contributed by atoms with Gasteiger partial charge in [0, 0.05) is 6.04 Å². The molecule has 0 bridgehead atoms. The number of sulfonamides is 1. The molecule has 100 valence electrons. The molecule has 0 amide bonds. The zero-order chi connectivity index (χ0) is 13.2. The molecule has 2 N–H and O–H groups in total. The standard InChI is InChI=1S/C12H17ClN2O2S/c1-9-2-3-11(13)12(8-9)18(16,17)15-10-4-6-14-7-5-10/h2-3,8,10,14-15H,4-7H2,1H3. The van der Waals surface area contributed by atoms with Crippen molar-refractivity contribution in [3.8, 4) is 0 Å². The van der Waals surface area contributed by atoms with Crippen molar-refractivity contribution in [1.29, 1.82) is 0 Å². The highest BCUT2D eigenvalue weighted by atomic mass is 35.5. The molecule has 0 spiro atoms. The Bertz CT molecular complexity index is 525. The molecular formula is C12H17ClN2O2S. The molecule has 0 unspecified atom stereocenters. The van der Waals surface area contributed by atoms with E-state index in [1.807, 2.05) is 6.92 Å². The van der Waals surface area contributed by atoms with Crippen LogP contribution in [0.3, 0.4) is 0 Å². The molecule has 1 saturated heterocycles. The first kappa shape index (κ1) is 13.8. The quantitative estimate of drug-likeness (QED) is 0.890. The number of aryl methyl sites for hydroxylation is 1. The molecule has 0 radical (unpaired) electrons. The van der Waals surface area contributed by atoms with Crippen LogP contribution >= 0.6 is 11.6 Å². The van der Waals surface area contributed by atoms with Crippen LogP contribution in [0.4, 0.5) is 0 Å². The van der Waals surface area contributed by atoms with Crippen molar-refractivity contribution < 1.29 is 8.42 Å². The molecule has 0 aliphatic carbocycles. The van der Waals surface area contributed by atoms with Crippen LogP contribution in [0.2, 0.25) is 5.02 Å². The van der Waals surface area contributed by atoms with Gasteiger partial charge in [-0.1, -0.05) is 17.7 Å². The number of benzene rings is 1. The lowest BCUT2D eigenvalue weighted by Gasteiger charge is -2.23. The number of rotatable bonds is 3. The van der Waals surface area contributed by atoms with E-state index in [1.54, 1.807) is 18.2 Å². The van der Waals surface area contributed by atoms with E-state index in [2.05, 4.69) is 10.0 Å². The topological polar surface area (TPSA) is 58.2 Å². The summed E-state index contributed by atoms with van der Waals surface area (Å²) in [5, 5.41) is 3.47. The molecule has 1 fully saturated rings.